The highest BCUT2D eigenvalue weighted by Crippen LogP contribution is 2.22. The summed E-state index contributed by atoms with van der Waals surface area (Å²) in [6.07, 6.45) is 7.78. The van der Waals surface area contributed by atoms with E-state index in [9.17, 15) is 4.79 Å². The normalized spacial score (nSPS) is 17.4. The fourth-order valence-corrected chi connectivity index (χ4v) is 3.33. The third-order valence-corrected chi connectivity index (χ3v) is 4.71. The lowest BCUT2D eigenvalue weighted by Crippen LogP contribution is -2.35. The van der Waals surface area contributed by atoms with Crippen LogP contribution < -0.4 is 0 Å². The van der Waals surface area contributed by atoms with E-state index < -0.39 is 0 Å². The van der Waals surface area contributed by atoms with Crippen molar-refractivity contribution in [3.8, 4) is 0 Å². The van der Waals surface area contributed by atoms with E-state index >= 15 is 0 Å². The number of likely N-dealkylation sites (N-methyl/N-ethyl adjacent to an activating group) is 1. The molecule has 3 heteroatoms. The first kappa shape index (κ1) is 14.7. The Morgan fingerprint density at radius 1 is 1.21 bits per heavy atom. The Morgan fingerprint density at radius 2 is 1.84 bits per heavy atom. The Hall–Kier alpha value is -0.670. The average Bonchev–Trinajstić information content (AvgIpc) is 2.68. The van der Waals surface area contributed by atoms with Gasteiger partial charge in [-0.15, -0.1) is 0 Å². The Balaban J connectivity index is 1.96. The molecule has 0 heterocycles. The van der Waals surface area contributed by atoms with Crippen LogP contribution in [-0.4, -0.2) is 30.3 Å². The van der Waals surface area contributed by atoms with Gasteiger partial charge < -0.3 is 0 Å². The molecule has 0 aliphatic heterocycles. The maximum Gasteiger partial charge on any atom is 0.177 e. The van der Waals surface area contributed by atoms with Crippen molar-refractivity contribution >= 4 is 21.7 Å². The van der Waals surface area contributed by atoms with Crippen LogP contribution in [0.5, 0.6) is 0 Å². The summed E-state index contributed by atoms with van der Waals surface area (Å²) in [5.74, 6) is 0.208. The third-order valence-electron chi connectivity index (χ3n) is 4.02. The van der Waals surface area contributed by atoms with E-state index in [0.29, 0.717) is 12.6 Å². The molecule has 1 fully saturated rings. The SMILES string of the molecule is CN(CC(=O)c1ccccc1Br)C1CCCCCC1. The number of benzene rings is 1. The molecule has 0 atom stereocenters. The van der Waals surface area contributed by atoms with Crippen LogP contribution in [0, 0.1) is 0 Å². The standard InChI is InChI=1S/C16H22BrNO/c1-18(13-8-4-2-3-5-9-13)12-16(19)14-10-6-7-11-15(14)17/h6-7,10-11,13H,2-5,8-9,12H2,1H3. The first-order chi connectivity index (χ1) is 9.18. The summed E-state index contributed by atoms with van der Waals surface area (Å²) >= 11 is 3.46. The van der Waals surface area contributed by atoms with Gasteiger partial charge in [0, 0.05) is 16.1 Å². The molecule has 19 heavy (non-hydrogen) atoms. The molecule has 0 amide bonds. The van der Waals surface area contributed by atoms with Gasteiger partial charge in [0.2, 0.25) is 0 Å². The molecule has 1 aliphatic rings. The highest BCUT2D eigenvalue weighted by Gasteiger charge is 2.20. The Labute approximate surface area is 124 Å². The molecule has 2 rings (SSSR count). The van der Waals surface area contributed by atoms with Gasteiger partial charge in [0.15, 0.2) is 5.78 Å². The van der Waals surface area contributed by atoms with Crippen LogP contribution in [0.2, 0.25) is 0 Å². The molecule has 0 aromatic heterocycles. The lowest BCUT2D eigenvalue weighted by Gasteiger charge is -2.26. The van der Waals surface area contributed by atoms with Gasteiger partial charge in [-0.25, -0.2) is 0 Å². The van der Waals surface area contributed by atoms with Gasteiger partial charge in [-0.3, -0.25) is 9.69 Å². The summed E-state index contributed by atoms with van der Waals surface area (Å²) in [6.45, 7) is 0.521. The second-order valence-corrected chi connectivity index (χ2v) is 6.32. The first-order valence-electron chi connectivity index (χ1n) is 7.16. The van der Waals surface area contributed by atoms with Gasteiger partial charge in [-0.2, -0.15) is 0 Å². The molecule has 0 bridgehead atoms. The molecule has 1 saturated carbocycles. The molecule has 0 radical (unpaired) electrons. The number of Topliss-reactive ketones (excluding diaryl/α,β-unsaturated/α-hetero) is 1. The minimum absolute atomic E-state index is 0.208. The lowest BCUT2D eigenvalue weighted by atomic mass is 10.1. The van der Waals surface area contributed by atoms with Crippen molar-refractivity contribution in [1.29, 1.82) is 0 Å². The molecular weight excluding hydrogens is 302 g/mol. The van der Waals surface area contributed by atoms with Crippen molar-refractivity contribution in [2.45, 2.75) is 44.6 Å². The molecule has 0 saturated heterocycles. The summed E-state index contributed by atoms with van der Waals surface area (Å²) in [7, 11) is 2.09. The van der Waals surface area contributed by atoms with Gasteiger partial charge in [-0.1, -0.05) is 59.8 Å². The number of nitrogens with zero attached hydrogens (tertiary/aromatic N) is 1. The van der Waals surface area contributed by atoms with E-state index in [2.05, 4.69) is 27.9 Å². The molecule has 2 nitrogen and oxygen atoms in total. The number of ketones is 1. The maximum absolute atomic E-state index is 12.3. The van der Waals surface area contributed by atoms with Gasteiger partial charge in [0.25, 0.3) is 0 Å². The number of carbonyl (C=O) groups excluding carboxylic acids is 1. The number of carbonyl (C=O) groups is 1. The molecule has 1 aliphatic carbocycles. The van der Waals surface area contributed by atoms with Gasteiger partial charge >= 0.3 is 0 Å². The van der Waals surface area contributed by atoms with Crippen molar-refractivity contribution in [1.82, 2.24) is 4.90 Å². The van der Waals surface area contributed by atoms with Gasteiger partial charge in [-0.05, 0) is 26.0 Å². The van der Waals surface area contributed by atoms with Gasteiger partial charge in [0.1, 0.15) is 0 Å². The van der Waals surface area contributed by atoms with Crippen LogP contribution in [0.4, 0.5) is 0 Å². The minimum atomic E-state index is 0.208. The first-order valence-corrected chi connectivity index (χ1v) is 7.96. The zero-order chi connectivity index (χ0) is 13.7. The number of hydrogen-bond acceptors (Lipinski definition) is 2. The van der Waals surface area contributed by atoms with Crippen molar-refractivity contribution in [2.24, 2.45) is 0 Å². The lowest BCUT2D eigenvalue weighted by molar-refractivity contribution is 0.0911. The van der Waals surface area contributed by atoms with Crippen LogP contribution in [0.15, 0.2) is 28.7 Å². The summed E-state index contributed by atoms with van der Waals surface area (Å²) in [5.41, 5.74) is 0.794. The van der Waals surface area contributed by atoms with Crippen LogP contribution in [-0.2, 0) is 0 Å². The van der Waals surface area contributed by atoms with E-state index in [-0.39, 0.29) is 5.78 Å². The van der Waals surface area contributed by atoms with E-state index in [4.69, 9.17) is 0 Å². The maximum atomic E-state index is 12.3. The van der Waals surface area contributed by atoms with E-state index in [0.717, 1.165) is 10.0 Å². The van der Waals surface area contributed by atoms with Crippen LogP contribution in [0.1, 0.15) is 48.9 Å². The van der Waals surface area contributed by atoms with Crippen LogP contribution in [0.25, 0.3) is 0 Å². The Bertz CT molecular complexity index is 425. The van der Waals surface area contributed by atoms with Crippen molar-refractivity contribution in [3.63, 3.8) is 0 Å². The number of rotatable bonds is 4. The smallest absolute Gasteiger partial charge is 0.177 e. The van der Waals surface area contributed by atoms with E-state index in [1.54, 1.807) is 0 Å². The molecule has 0 spiro atoms. The van der Waals surface area contributed by atoms with E-state index in [1.807, 2.05) is 24.3 Å². The summed E-state index contributed by atoms with van der Waals surface area (Å²) < 4.78 is 0.897. The van der Waals surface area contributed by atoms with Crippen LogP contribution >= 0.6 is 15.9 Å². The predicted molar refractivity (Wildman–Crippen MR) is 82.6 cm³/mol. The monoisotopic (exact) mass is 323 g/mol. The molecule has 0 N–H and O–H groups in total. The predicted octanol–water partition coefficient (Wildman–Crippen LogP) is 4.29. The highest BCUT2D eigenvalue weighted by molar-refractivity contribution is 9.10. The molecule has 104 valence electrons. The fraction of sp³-hybridized carbons (Fsp3) is 0.562. The second-order valence-electron chi connectivity index (χ2n) is 5.46. The highest BCUT2D eigenvalue weighted by atomic mass is 79.9. The fourth-order valence-electron chi connectivity index (χ4n) is 2.83. The van der Waals surface area contributed by atoms with Crippen molar-refractivity contribution in [3.05, 3.63) is 34.3 Å². The van der Waals surface area contributed by atoms with Crippen molar-refractivity contribution < 1.29 is 4.79 Å². The largest absolute Gasteiger partial charge is 0.296 e. The summed E-state index contributed by atoms with van der Waals surface area (Å²) in [5, 5.41) is 0. The Morgan fingerprint density at radius 3 is 2.47 bits per heavy atom. The number of hydrogen-bond donors (Lipinski definition) is 0. The molecule has 0 unspecified atom stereocenters. The zero-order valence-corrected chi connectivity index (χ0v) is 13.2. The van der Waals surface area contributed by atoms with Crippen LogP contribution in [0.3, 0.4) is 0 Å². The van der Waals surface area contributed by atoms with E-state index in [1.165, 1.54) is 38.5 Å². The minimum Gasteiger partial charge on any atom is -0.296 e. The second kappa shape index (κ2) is 7.20. The Kier molecular flexibility index (Phi) is 5.59. The van der Waals surface area contributed by atoms with Gasteiger partial charge in [0.05, 0.1) is 6.54 Å². The third kappa shape index (κ3) is 4.15. The molecule has 1 aromatic carbocycles. The van der Waals surface area contributed by atoms with Crippen molar-refractivity contribution in [2.75, 3.05) is 13.6 Å². The summed E-state index contributed by atoms with van der Waals surface area (Å²) in [4.78, 5) is 14.6. The zero-order valence-electron chi connectivity index (χ0n) is 11.6. The molecule has 1 aromatic rings. The summed E-state index contributed by atoms with van der Waals surface area (Å²) in [6, 6.07) is 8.26. The average molecular weight is 324 g/mol. The molecular formula is C16H22BrNO. The topological polar surface area (TPSA) is 20.3 Å². The number of halogens is 1. The quantitative estimate of drug-likeness (QED) is 0.608.